The van der Waals surface area contributed by atoms with Crippen LogP contribution in [0.5, 0.6) is 0 Å². The van der Waals surface area contributed by atoms with E-state index < -0.39 is 30.8 Å². The monoisotopic (exact) mass is 318 g/mol. The summed E-state index contributed by atoms with van der Waals surface area (Å²) in [6.07, 6.45) is 5.03. The smallest absolute Gasteiger partial charge is 0.315 e. The molecule has 1 atom stereocenters. The van der Waals surface area contributed by atoms with Crippen molar-refractivity contribution in [1.29, 1.82) is 0 Å². The summed E-state index contributed by atoms with van der Waals surface area (Å²) in [7, 11) is 0. The average Bonchev–Trinajstić information content (AvgIpc) is 2.85. The maximum absolute atomic E-state index is 13.0. The third-order valence-corrected chi connectivity index (χ3v) is 4.08. The molecule has 0 bridgehead atoms. The van der Waals surface area contributed by atoms with Crippen LogP contribution in [0.4, 0.5) is 13.6 Å². The van der Waals surface area contributed by atoms with Crippen LogP contribution in [-0.4, -0.2) is 49.6 Å². The van der Waals surface area contributed by atoms with E-state index in [4.69, 9.17) is 0 Å². The van der Waals surface area contributed by atoms with Crippen LogP contribution in [-0.2, 0) is 4.79 Å². The molecule has 3 amide bonds. The van der Waals surface area contributed by atoms with Gasteiger partial charge in [0, 0.05) is 25.6 Å². The normalized spacial score (nSPS) is 24.7. The zero-order valence-corrected chi connectivity index (χ0v) is 12.6. The first-order valence-corrected chi connectivity index (χ1v) is 7.89. The van der Waals surface area contributed by atoms with Crippen LogP contribution < -0.4 is 21.3 Å². The predicted octanol–water partition coefficient (Wildman–Crippen LogP) is 0.732. The van der Waals surface area contributed by atoms with Gasteiger partial charge in [-0.05, 0) is 12.8 Å². The Hall–Kier alpha value is -1.44. The van der Waals surface area contributed by atoms with Gasteiger partial charge in [-0.2, -0.15) is 0 Å². The van der Waals surface area contributed by atoms with Crippen LogP contribution in [0, 0.1) is 0 Å². The summed E-state index contributed by atoms with van der Waals surface area (Å²) in [5.41, 5.74) is 0. The van der Waals surface area contributed by atoms with Crippen molar-refractivity contribution in [3.8, 4) is 0 Å². The number of rotatable bonds is 5. The number of hydrogen-bond donors (Lipinski definition) is 4. The lowest BCUT2D eigenvalue weighted by Crippen LogP contribution is -2.47. The van der Waals surface area contributed by atoms with Gasteiger partial charge in [0.15, 0.2) is 0 Å². The fourth-order valence-corrected chi connectivity index (χ4v) is 2.87. The van der Waals surface area contributed by atoms with E-state index in [2.05, 4.69) is 21.3 Å². The van der Waals surface area contributed by atoms with Crippen LogP contribution in [0.1, 0.15) is 38.5 Å². The van der Waals surface area contributed by atoms with Gasteiger partial charge < -0.3 is 16.0 Å². The summed E-state index contributed by atoms with van der Waals surface area (Å²) >= 11 is 0. The second-order valence-electron chi connectivity index (χ2n) is 6.02. The Morgan fingerprint density at radius 3 is 2.41 bits per heavy atom. The molecular weight excluding hydrogens is 294 g/mol. The van der Waals surface area contributed by atoms with Crippen LogP contribution in [0.2, 0.25) is 0 Å². The third-order valence-electron chi connectivity index (χ3n) is 4.08. The zero-order valence-electron chi connectivity index (χ0n) is 12.6. The summed E-state index contributed by atoms with van der Waals surface area (Å²) in [5, 5.41) is 10.6. The number of amides is 3. The van der Waals surface area contributed by atoms with Crippen LogP contribution in [0.3, 0.4) is 0 Å². The van der Waals surface area contributed by atoms with Gasteiger partial charge in [0.2, 0.25) is 5.91 Å². The molecule has 0 aromatic carbocycles. The molecule has 4 N–H and O–H groups in total. The summed E-state index contributed by atoms with van der Waals surface area (Å²) in [6, 6.07) is -0.869. The van der Waals surface area contributed by atoms with E-state index in [1.165, 1.54) is 6.42 Å². The fraction of sp³-hybridized carbons (Fsp3) is 0.857. The van der Waals surface area contributed by atoms with Crippen molar-refractivity contribution in [1.82, 2.24) is 21.3 Å². The number of alkyl halides is 2. The molecule has 2 aliphatic rings. The molecule has 1 saturated carbocycles. The maximum Gasteiger partial charge on any atom is 0.315 e. The Labute approximate surface area is 128 Å². The quantitative estimate of drug-likeness (QED) is 0.564. The van der Waals surface area contributed by atoms with Gasteiger partial charge in [0.05, 0.1) is 12.6 Å². The van der Waals surface area contributed by atoms with E-state index in [1.54, 1.807) is 0 Å². The fourth-order valence-electron chi connectivity index (χ4n) is 2.87. The number of hydrogen-bond acceptors (Lipinski definition) is 3. The Morgan fingerprint density at radius 2 is 1.77 bits per heavy atom. The van der Waals surface area contributed by atoms with E-state index in [1.807, 2.05) is 0 Å². The van der Waals surface area contributed by atoms with E-state index in [0.29, 0.717) is 0 Å². The molecule has 1 heterocycles. The second-order valence-corrected chi connectivity index (χ2v) is 6.02. The molecule has 1 saturated heterocycles. The highest BCUT2D eigenvalue weighted by Crippen LogP contribution is 2.24. The summed E-state index contributed by atoms with van der Waals surface area (Å²) in [4.78, 5) is 23.3. The number of halogens is 2. The van der Waals surface area contributed by atoms with E-state index in [0.717, 1.165) is 25.7 Å². The van der Waals surface area contributed by atoms with Gasteiger partial charge in [-0.1, -0.05) is 19.3 Å². The molecule has 6 nitrogen and oxygen atoms in total. The van der Waals surface area contributed by atoms with E-state index >= 15 is 0 Å². The van der Waals surface area contributed by atoms with Gasteiger partial charge in [-0.25, -0.2) is 13.6 Å². The van der Waals surface area contributed by atoms with Crippen molar-refractivity contribution in [2.45, 2.75) is 56.5 Å². The maximum atomic E-state index is 13.0. The second kappa shape index (κ2) is 7.71. The van der Waals surface area contributed by atoms with Crippen LogP contribution >= 0.6 is 0 Å². The van der Waals surface area contributed by atoms with Crippen molar-refractivity contribution in [2.24, 2.45) is 0 Å². The van der Waals surface area contributed by atoms with Crippen LogP contribution in [0.25, 0.3) is 0 Å². The summed E-state index contributed by atoms with van der Waals surface area (Å²) in [6.45, 7) is 0.0290. The van der Waals surface area contributed by atoms with Crippen molar-refractivity contribution in [3.05, 3.63) is 0 Å². The molecule has 22 heavy (non-hydrogen) atoms. The highest BCUT2D eigenvalue weighted by atomic mass is 19.3. The Morgan fingerprint density at radius 1 is 1.09 bits per heavy atom. The first-order chi connectivity index (χ1) is 10.5. The number of carbonyl (C=O) groups is 2. The van der Waals surface area contributed by atoms with Gasteiger partial charge >= 0.3 is 6.03 Å². The van der Waals surface area contributed by atoms with Gasteiger partial charge in [-0.3, -0.25) is 10.1 Å². The minimum absolute atomic E-state index is 0.223. The van der Waals surface area contributed by atoms with Crippen molar-refractivity contribution >= 4 is 11.9 Å². The number of carbonyl (C=O) groups excluding carboxylic acids is 2. The molecule has 8 heteroatoms. The highest BCUT2D eigenvalue weighted by Gasteiger charge is 2.42. The molecule has 1 unspecified atom stereocenters. The van der Waals surface area contributed by atoms with Crippen molar-refractivity contribution in [2.75, 3.05) is 19.6 Å². The molecule has 1 aliphatic heterocycles. The van der Waals surface area contributed by atoms with Crippen molar-refractivity contribution in [3.63, 3.8) is 0 Å². The van der Waals surface area contributed by atoms with Crippen LogP contribution in [0.15, 0.2) is 0 Å². The first-order valence-electron chi connectivity index (χ1n) is 7.89. The van der Waals surface area contributed by atoms with E-state index in [-0.39, 0.29) is 25.2 Å². The van der Waals surface area contributed by atoms with Gasteiger partial charge in [0.25, 0.3) is 5.92 Å². The standard InChI is InChI=1S/C14H24F2N4O2/c15-14(16)8-11(19-9-14)12(21)17-6-7-18-13(22)20-10-4-2-1-3-5-10/h10-11,19H,1-9H2,(H,17,21)(H2,18,20,22). The zero-order chi connectivity index (χ0) is 16.0. The van der Waals surface area contributed by atoms with Gasteiger partial charge in [-0.15, -0.1) is 0 Å². The lowest BCUT2D eigenvalue weighted by atomic mass is 9.96. The molecule has 0 spiro atoms. The molecule has 126 valence electrons. The lowest BCUT2D eigenvalue weighted by molar-refractivity contribution is -0.123. The first kappa shape index (κ1) is 16.9. The Kier molecular flexibility index (Phi) is 5.93. The van der Waals surface area contributed by atoms with Crippen molar-refractivity contribution < 1.29 is 18.4 Å². The largest absolute Gasteiger partial charge is 0.353 e. The minimum Gasteiger partial charge on any atom is -0.353 e. The number of nitrogens with one attached hydrogen (secondary N) is 4. The predicted molar refractivity (Wildman–Crippen MR) is 77.8 cm³/mol. The highest BCUT2D eigenvalue weighted by molar-refractivity contribution is 5.82. The Balaban J connectivity index is 1.55. The molecule has 2 rings (SSSR count). The number of urea groups is 1. The molecule has 0 aromatic rings. The SMILES string of the molecule is O=C(NCCNC(=O)C1CC(F)(F)CN1)NC1CCCCC1. The van der Waals surface area contributed by atoms with Gasteiger partial charge in [0.1, 0.15) is 0 Å². The average molecular weight is 318 g/mol. The van der Waals surface area contributed by atoms with E-state index in [9.17, 15) is 18.4 Å². The molecule has 0 radical (unpaired) electrons. The minimum atomic E-state index is -2.82. The lowest BCUT2D eigenvalue weighted by Gasteiger charge is -2.22. The Bertz CT molecular complexity index is 400. The molecule has 0 aromatic heterocycles. The molecular formula is C14H24F2N4O2. The molecule has 2 fully saturated rings. The summed E-state index contributed by atoms with van der Waals surface area (Å²) in [5.74, 6) is -3.27. The topological polar surface area (TPSA) is 82.3 Å². The third kappa shape index (κ3) is 5.40. The summed E-state index contributed by atoms with van der Waals surface area (Å²) < 4.78 is 25.9. The molecule has 1 aliphatic carbocycles.